The Morgan fingerprint density at radius 3 is 2.75 bits per heavy atom. The number of hydrogen-bond donors (Lipinski definition) is 1. The van der Waals surface area contributed by atoms with E-state index in [1.807, 2.05) is 16.8 Å². The third kappa shape index (κ3) is 4.06. The lowest BCUT2D eigenvalue weighted by atomic mass is 10.2. The minimum atomic E-state index is 0.269. The molecule has 5 nitrogen and oxygen atoms in total. The zero-order chi connectivity index (χ0) is 17.1. The van der Waals surface area contributed by atoms with Crippen LogP contribution in [0, 0.1) is 13.8 Å². The summed E-state index contributed by atoms with van der Waals surface area (Å²) in [4.78, 5) is 2.32. The van der Waals surface area contributed by atoms with Gasteiger partial charge in [-0.05, 0) is 45.2 Å². The summed E-state index contributed by atoms with van der Waals surface area (Å²) < 4.78 is 8.90. The van der Waals surface area contributed by atoms with Crippen LogP contribution in [0.15, 0.2) is 28.7 Å². The molecule has 130 valence electrons. The lowest BCUT2D eigenvalue weighted by Crippen LogP contribution is -2.44. The predicted octanol–water partition coefficient (Wildman–Crippen LogP) is 2.67. The molecule has 1 saturated heterocycles. The predicted molar refractivity (Wildman–Crippen MR) is 99.7 cm³/mol. The highest BCUT2D eigenvalue weighted by molar-refractivity contribution is 9.10. The number of nitrogens with zero attached hydrogens (tertiary/aromatic N) is 3. The van der Waals surface area contributed by atoms with Crippen molar-refractivity contribution >= 4 is 15.9 Å². The van der Waals surface area contributed by atoms with Crippen LogP contribution in [-0.2, 0) is 11.3 Å². The molecule has 1 aliphatic heterocycles. The number of rotatable bonds is 5. The fourth-order valence-corrected chi connectivity index (χ4v) is 3.38. The highest BCUT2D eigenvalue weighted by atomic mass is 79.9. The minimum absolute atomic E-state index is 0.269. The minimum Gasteiger partial charge on any atom is -0.374 e. The Balaban J connectivity index is 1.65. The molecule has 6 heteroatoms. The van der Waals surface area contributed by atoms with E-state index in [1.54, 1.807) is 0 Å². The van der Waals surface area contributed by atoms with Gasteiger partial charge in [-0.3, -0.25) is 0 Å². The molecule has 0 spiro atoms. The molecule has 1 unspecified atom stereocenters. The SMILES string of the molecule is Cc1nn(-c2ccc(Br)cc2)c(C)c1CNCC1CN(C)CCO1. The van der Waals surface area contributed by atoms with Crippen molar-refractivity contribution in [3.8, 4) is 5.69 Å². The summed E-state index contributed by atoms with van der Waals surface area (Å²) in [6.07, 6.45) is 0.269. The highest BCUT2D eigenvalue weighted by Crippen LogP contribution is 2.19. The molecule has 2 heterocycles. The summed E-state index contributed by atoms with van der Waals surface area (Å²) in [5, 5.41) is 8.24. The normalized spacial score (nSPS) is 18.9. The van der Waals surface area contributed by atoms with Crippen molar-refractivity contribution in [2.75, 3.05) is 33.3 Å². The van der Waals surface area contributed by atoms with Gasteiger partial charge >= 0.3 is 0 Å². The molecule has 1 atom stereocenters. The number of morpholine rings is 1. The van der Waals surface area contributed by atoms with E-state index in [0.29, 0.717) is 0 Å². The second-order valence-corrected chi connectivity index (χ2v) is 7.34. The van der Waals surface area contributed by atoms with Gasteiger partial charge in [0.05, 0.1) is 24.1 Å². The summed E-state index contributed by atoms with van der Waals surface area (Å²) in [5.74, 6) is 0. The lowest BCUT2D eigenvalue weighted by molar-refractivity contribution is -0.0182. The van der Waals surface area contributed by atoms with Crippen molar-refractivity contribution in [3.05, 3.63) is 45.7 Å². The summed E-state index contributed by atoms with van der Waals surface area (Å²) in [5.41, 5.74) is 4.61. The molecule has 1 aromatic carbocycles. The molecule has 24 heavy (non-hydrogen) atoms. The Labute approximate surface area is 152 Å². The lowest BCUT2D eigenvalue weighted by Gasteiger charge is -2.30. The van der Waals surface area contributed by atoms with Crippen molar-refractivity contribution in [2.24, 2.45) is 0 Å². The van der Waals surface area contributed by atoms with Gasteiger partial charge in [0.2, 0.25) is 0 Å². The number of ether oxygens (including phenoxy) is 1. The first-order valence-electron chi connectivity index (χ1n) is 8.36. The Morgan fingerprint density at radius 1 is 1.29 bits per heavy atom. The molecular formula is C18H25BrN4O. The number of benzene rings is 1. The Kier molecular flexibility index (Phi) is 5.71. The molecule has 1 aliphatic rings. The number of halogens is 1. The fraction of sp³-hybridized carbons (Fsp3) is 0.500. The van der Waals surface area contributed by atoms with Crippen molar-refractivity contribution in [3.63, 3.8) is 0 Å². The second-order valence-electron chi connectivity index (χ2n) is 6.42. The van der Waals surface area contributed by atoms with Crippen molar-refractivity contribution in [2.45, 2.75) is 26.5 Å². The van der Waals surface area contributed by atoms with E-state index in [9.17, 15) is 0 Å². The van der Waals surface area contributed by atoms with Gasteiger partial charge in [-0.15, -0.1) is 0 Å². The second kappa shape index (κ2) is 7.78. The van der Waals surface area contributed by atoms with E-state index < -0.39 is 0 Å². The van der Waals surface area contributed by atoms with Gasteiger partial charge < -0.3 is 15.0 Å². The van der Waals surface area contributed by atoms with Gasteiger partial charge in [-0.2, -0.15) is 5.10 Å². The molecule has 1 aromatic heterocycles. The molecular weight excluding hydrogens is 368 g/mol. The van der Waals surface area contributed by atoms with Gasteiger partial charge in [0.1, 0.15) is 0 Å². The van der Waals surface area contributed by atoms with Crippen LogP contribution < -0.4 is 5.32 Å². The number of aryl methyl sites for hydroxylation is 1. The topological polar surface area (TPSA) is 42.3 Å². The molecule has 1 N–H and O–H groups in total. The molecule has 1 fully saturated rings. The smallest absolute Gasteiger partial charge is 0.0826 e. The number of nitrogens with one attached hydrogen (secondary N) is 1. The van der Waals surface area contributed by atoms with Crippen molar-refractivity contribution in [1.82, 2.24) is 20.0 Å². The first-order valence-corrected chi connectivity index (χ1v) is 9.16. The van der Waals surface area contributed by atoms with Crippen molar-refractivity contribution < 1.29 is 4.74 Å². The quantitative estimate of drug-likeness (QED) is 0.848. The monoisotopic (exact) mass is 392 g/mol. The Bertz CT molecular complexity index is 683. The maximum Gasteiger partial charge on any atom is 0.0826 e. The molecule has 0 bridgehead atoms. The molecule has 0 saturated carbocycles. The van der Waals surface area contributed by atoms with Crippen LogP contribution in [0.25, 0.3) is 5.69 Å². The van der Waals surface area contributed by atoms with Gasteiger partial charge in [0, 0.05) is 41.9 Å². The summed E-state index contributed by atoms with van der Waals surface area (Å²) in [7, 11) is 2.14. The molecule has 0 radical (unpaired) electrons. The van der Waals surface area contributed by atoms with Crippen molar-refractivity contribution in [1.29, 1.82) is 0 Å². The molecule has 3 rings (SSSR count). The van der Waals surface area contributed by atoms with Crippen LogP contribution >= 0.6 is 15.9 Å². The first-order chi connectivity index (χ1) is 11.5. The summed E-state index contributed by atoms with van der Waals surface area (Å²) in [6, 6.07) is 8.24. The van der Waals surface area contributed by atoms with E-state index in [4.69, 9.17) is 9.84 Å². The van der Waals surface area contributed by atoms with Gasteiger partial charge in [0.25, 0.3) is 0 Å². The average molecular weight is 393 g/mol. The fourth-order valence-electron chi connectivity index (χ4n) is 3.11. The third-order valence-electron chi connectivity index (χ3n) is 4.53. The Morgan fingerprint density at radius 2 is 2.04 bits per heavy atom. The van der Waals surface area contributed by atoms with Crippen LogP contribution in [0.3, 0.4) is 0 Å². The average Bonchev–Trinajstić information content (AvgIpc) is 2.84. The Hall–Kier alpha value is -1.21. The highest BCUT2D eigenvalue weighted by Gasteiger charge is 2.18. The third-order valence-corrected chi connectivity index (χ3v) is 5.06. The van der Waals surface area contributed by atoms with E-state index in [1.165, 1.54) is 11.3 Å². The number of hydrogen-bond acceptors (Lipinski definition) is 4. The number of aromatic nitrogens is 2. The standard InChI is InChI=1S/C18H25BrN4O/c1-13-18(11-20-10-17-12-22(3)8-9-24-17)14(2)23(21-13)16-6-4-15(19)5-7-16/h4-7,17,20H,8-12H2,1-3H3. The van der Waals surface area contributed by atoms with E-state index >= 15 is 0 Å². The maximum absolute atomic E-state index is 5.80. The van der Waals surface area contributed by atoms with Crippen LogP contribution in [0.1, 0.15) is 17.0 Å². The maximum atomic E-state index is 5.80. The first kappa shape index (κ1) is 17.6. The zero-order valence-electron chi connectivity index (χ0n) is 14.6. The molecule has 0 amide bonds. The van der Waals surface area contributed by atoms with Crippen LogP contribution in [0.2, 0.25) is 0 Å². The molecule has 2 aromatic rings. The van der Waals surface area contributed by atoms with Gasteiger partial charge in [0.15, 0.2) is 0 Å². The number of likely N-dealkylation sites (N-methyl/N-ethyl adjacent to an activating group) is 1. The summed E-state index contributed by atoms with van der Waals surface area (Å²) >= 11 is 3.48. The van der Waals surface area contributed by atoms with Crippen LogP contribution in [0.5, 0.6) is 0 Å². The van der Waals surface area contributed by atoms with Gasteiger partial charge in [-0.25, -0.2) is 4.68 Å². The zero-order valence-corrected chi connectivity index (χ0v) is 16.1. The van der Waals surface area contributed by atoms with E-state index in [-0.39, 0.29) is 6.10 Å². The van der Waals surface area contributed by atoms with E-state index in [2.05, 4.69) is 59.2 Å². The van der Waals surface area contributed by atoms with Gasteiger partial charge in [-0.1, -0.05) is 15.9 Å². The van der Waals surface area contributed by atoms with Crippen LogP contribution in [0.4, 0.5) is 0 Å². The van der Waals surface area contributed by atoms with Crippen LogP contribution in [-0.4, -0.2) is 54.1 Å². The van der Waals surface area contributed by atoms with E-state index in [0.717, 1.165) is 48.6 Å². The molecule has 0 aliphatic carbocycles. The summed E-state index contributed by atoms with van der Waals surface area (Å²) in [6.45, 7) is 8.72. The largest absolute Gasteiger partial charge is 0.374 e.